The second-order valence-electron chi connectivity index (χ2n) is 3.84. The third-order valence-electron chi connectivity index (χ3n) is 2.52. The highest BCUT2D eigenvalue weighted by Gasteiger charge is 2.14. The van der Waals surface area contributed by atoms with Crippen LogP contribution in [0.4, 0.5) is 0 Å². The molecule has 1 unspecified atom stereocenters. The molecule has 1 aliphatic heterocycles. The minimum absolute atomic E-state index is 0. The van der Waals surface area contributed by atoms with Crippen LogP contribution in [0, 0.1) is 12.8 Å². The fourth-order valence-electron chi connectivity index (χ4n) is 1.65. The third kappa shape index (κ3) is 3.68. The minimum atomic E-state index is 0. The van der Waals surface area contributed by atoms with Crippen LogP contribution in [0.3, 0.4) is 0 Å². The van der Waals surface area contributed by atoms with E-state index in [1.807, 2.05) is 19.1 Å². The number of halogens is 1. The van der Waals surface area contributed by atoms with E-state index in [0.717, 1.165) is 25.6 Å². The minimum Gasteiger partial charge on any atom is -0.477 e. The van der Waals surface area contributed by atoms with E-state index >= 15 is 0 Å². The third-order valence-corrected chi connectivity index (χ3v) is 2.52. The smallest absolute Gasteiger partial charge is 0.213 e. The Kier molecular flexibility index (Phi) is 4.85. The van der Waals surface area contributed by atoms with Gasteiger partial charge in [0.2, 0.25) is 5.88 Å². The molecule has 1 atom stereocenters. The van der Waals surface area contributed by atoms with Crippen molar-refractivity contribution in [2.24, 2.45) is 5.92 Å². The van der Waals surface area contributed by atoms with E-state index in [-0.39, 0.29) is 12.4 Å². The van der Waals surface area contributed by atoms with E-state index in [1.165, 1.54) is 12.0 Å². The number of pyridine rings is 1. The first-order valence-electron chi connectivity index (χ1n) is 5.11. The Bertz CT molecular complexity index is 300. The van der Waals surface area contributed by atoms with Gasteiger partial charge in [0, 0.05) is 24.7 Å². The molecule has 1 N–H and O–H groups in total. The highest BCUT2D eigenvalue weighted by molar-refractivity contribution is 5.85. The molecule has 0 saturated carbocycles. The van der Waals surface area contributed by atoms with Crippen LogP contribution in [0.2, 0.25) is 0 Å². The fourth-order valence-corrected chi connectivity index (χ4v) is 1.65. The number of ether oxygens (including phenoxy) is 1. The van der Waals surface area contributed by atoms with Crippen molar-refractivity contribution in [1.82, 2.24) is 10.3 Å². The van der Waals surface area contributed by atoms with E-state index in [4.69, 9.17) is 4.74 Å². The topological polar surface area (TPSA) is 34.1 Å². The van der Waals surface area contributed by atoms with E-state index in [0.29, 0.717) is 5.92 Å². The van der Waals surface area contributed by atoms with Gasteiger partial charge in [-0.15, -0.1) is 12.4 Å². The van der Waals surface area contributed by atoms with Gasteiger partial charge in [0.05, 0.1) is 6.61 Å². The van der Waals surface area contributed by atoms with Gasteiger partial charge < -0.3 is 10.1 Å². The number of nitrogens with zero attached hydrogens (tertiary/aromatic N) is 1. The van der Waals surface area contributed by atoms with Crippen molar-refractivity contribution in [2.45, 2.75) is 13.3 Å². The molecule has 1 aliphatic rings. The SMILES string of the molecule is Cc1ccnc(OCC2CCNC2)c1.Cl. The fraction of sp³-hybridized carbons (Fsp3) is 0.545. The van der Waals surface area contributed by atoms with Gasteiger partial charge in [-0.2, -0.15) is 0 Å². The second kappa shape index (κ2) is 5.93. The van der Waals surface area contributed by atoms with Gasteiger partial charge in [-0.05, 0) is 31.5 Å². The summed E-state index contributed by atoms with van der Waals surface area (Å²) in [6.45, 7) is 5.02. The molecule has 0 amide bonds. The zero-order valence-corrected chi connectivity index (χ0v) is 9.72. The monoisotopic (exact) mass is 228 g/mol. The molecule has 1 fully saturated rings. The van der Waals surface area contributed by atoms with Crippen LogP contribution in [0.15, 0.2) is 18.3 Å². The van der Waals surface area contributed by atoms with Crippen molar-refractivity contribution >= 4 is 12.4 Å². The molecule has 15 heavy (non-hydrogen) atoms. The first kappa shape index (κ1) is 12.3. The average molecular weight is 229 g/mol. The van der Waals surface area contributed by atoms with Gasteiger partial charge in [0.15, 0.2) is 0 Å². The normalized spacial score (nSPS) is 19.7. The van der Waals surface area contributed by atoms with Crippen LogP contribution in [-0.2, 0) is 0 Å². The summed E-state index contributed by atoms with van der Waals surface area (Å²) in [5, 5.41) is 3.32. The zero-order chi connectivity index (χ0) is 9.80. The maximum absolute atomic E-state index is 5.62. The Morgan fingerprint density at radius 2 is 2.47 bits per heavy atom. The maximum Gasteiger partial charge on any atom is 0.213 e. The van der Waals surface area contributed by atoms with Crippen molar-refractivity contribution in [3.05, 3.63) is 23.9 Å². The molecule has 4 heteroatoms. The lowest BCUT2D eigenvalue weighted by Crippen LogP contribution is -2.15. The average Bonchev–Trinajstić information content (AvgIpc) is 2.67. The largest absolute Gasteiger partial charge is 0.477 e. The summed E-state index contributed by atoms with van der Waals surface area (Å²) in [6, 6.07) is 3.95. The maximum atomic E-state index is 5.62. The lowest BCUT2D eigenvalue weighted by Gasteiger charge is -2.09. The Labute approximate surface area is 96.7 Å². The Balaban J connectivity index is 0.00000112. The van der Waals surface area contributed by atoms with Crippen molar-refractivity contribution in [3.63, 3.8) is 0 Å². The highest BCUT2D eigenvalue weighted by atomic mass is 35.5. The number of hydrogen-bond donors (Lipinski definition) is 1. The van der Waals surface area contributed by atoms with Gasteiger partial charge in [0.1, 0.15) is 0 Å². The number of nitrogens with one attached hydrogen (secondary N) is 1. The summed E-state index contributed by atoms with van der Waals surface area (Å²) in [7, 11) is 0. The second-order valence-corrected chi connectivity index (χ2v) is 3.84. The molecule has 0 radical (unpaired) electrons. The van der Waals surface area contributed by atoms with Crippen LogP contribution in [0.25, 0.3) is 0 Å². The first-order valence-corrected chi connectivity index (χ1v) is 5.11. The number of aryl methyl sites for hydroxylation is 1. The van der Waals surface area contributed by atoms with E-state index in [2.05, 4.69) is 10.3 Å². The van der Waals surface area contributed by atoms with Gasteiger partial charge >= 0.3 is 0 Å². The predicted molar refractivity (Wildman–Crippen MR) is 62.7 cm³/mol. The van der Waals surface area contributed by atoms with Crippen molar-refractivity contribution in [1.29, 1.82) is 0 Å². The van der Waals surface area contributed by atoms with Crippen molar-refractivity contribution < 1.29 is 4.74 Å². The van der Waals surface area contributed by atoms with Gasteiger partial charge in [-0.25, -0.2) is 4.98 Å². The number of rotatable bonds is 3. The van der Waals surface area contributed by atoms with E-state index in [1.54, 1.807) is 6.20 Å². The summed E-state index contributed by atoms with van der Waals surface area (Å²) >= 11 is 0. The molecule has 0 aliphatic carbocycles. The van der Waals surface area contributed by atoms with Crippen LogP contribution in [-0.4, -0.2) is 24.7 Å². The van der Waals surface area contributed by atoms with Gasteiger partial charge in [0.25, 0.3) is 0 Å². The molecule has 0 bridgehead atoms. The summed E-state index contributed by atoms with van der Waals surface area (Å²) in [4.78, 5) is 4.16. The molecule has 0 aromatic carbocycles. The molecule has 1 aromatic heterocycles. The van der Waals surface area contributed by atoms with Crippen molar-refractivity contribution in [3.8, 4) is 5.88 Å². The molecule has 1 aromatic rings. The molecule has 1 saturated heterocycles. The number of aromatic nitrogens is 1. The van der Waals surface area contributed by atoms with E-state index < -0.39 is 0 Å². The molecule has 2 heterocycles. The first-order chi connectivity index (χ1) is 6.84. The summed E-state index contributed by atoms with van der Waals surface area (Å²) in [5.41, 5.74) is 1.19. The quantitative estimate of drug-likeness (QED) is 0.857. The summed E-state index contributed by atoms with van der Waals surface area (Å²) < 4.78 is 5.62. The molecule has 0 spiro atoms. The van der Waals surface area contributed by atoms with Crippen LogP contribution < -0.4 is 10.1 Å². The molecular weight excluding hydrogens is 212 g/mol. The lowest BCUT2D eigenvalue weighted by atomic mass is 10.1. The van der Waals surface area contributed by atoms with Crippen LogP contribution >= 0.6 is 12.4 Å². The molecule has 2 rings (SSSR count). The summed E-state index contributed by atoms with van der Waals surface area (Å²) in [5.74, 6) is 1.40. The van der Waals surface area contributed by atoms with Crippen LogP contribution in [0.1, 0.15) is 12.0 Å². The molecular formula is C11H17ClN2O. The molecule has 3 nitrogen and oxygen atoms in total. The zero-order valence-electron chi connectivity index (χ0n) is 8.90. The van der Waals surface area contributed by atoms with E-state index in [9.17, 15) is 0 Å². The Hall–Kier alpha value is -0.800. The van der Waals surface area contributed by atoms with Crippen molar-refractivity contribution in [2.75, 3.05) is 19.7 Å². The van der Waals surface area contributed by atoms with Gasteiger partial charge in [-0.1, -0.05) is 0 Å². The highest BCUT2D eigenvalue weighted by Crippen LogP contribution is 2.12. The standard InChI is InChI=1S/C11H16N2O.ClH/c1-9-2-5-13-11(6-9)14-8-10-3-4-12-7-10;/h2,5-6,10,12H,3-4,7-8H2,1H3;1H. The predicted octanol–water partition coefficient (Wildman–Crippen LogP) is 1.80. The molecule has 84 valence electrons. The van der Waals surface area contributed by atoms with Crippen LogP contribution in [0.5, 0.6) is 5.88 Å². The Morgan fingerprint density at radius 1 is 1.60 bits per heavy atom. The number of hydrogen-bond acceptors (Lipinski definition) is 3. The summed E-state index contributed by atoms with van der Waals surface area (Å²) in [6.07, 6.45) is 3.00. The Morgan fingerprint density at radius 3 is 3.13 bits per heavy atom. The lowest BCUT2D eigenvalue weighted by molar-refractivity contribution is 0.251. The van der Waals surface area contributed by atoms with Gasteiger partial charge in [-0.3, -0.25) is 0 Å².